The summed E-state index contributed by atoms with van der Waals surface area (Å²) in [6, 6.07) is 0. The van der Waals surface area contributed by atoms with E-state index in [1.165, 1.54) is 0 Å². The largest absolute Gasteiger partial charge is 0.481 e. The smallest absolute Gasteiger partial charge is 0.308 e. The van der Waals surface area contributed by atoms with Crippen LogP contribution in [-0.2, 0) is 9.59 Å². The third-order valence-corrected chi connectivity index (χ3v) is 2.58. The minimum Gasteiger partial charge on any atom is -0.481 e. The molecule has 0 rings (SSSR count). The second-order valence-electron chi connectivity index (χ2n) is 5.81. The zero-order valence-electron chi connectivity index (χ0n) is 11.9. The van der Waals surface area contributed by atoms with E-state index in [4.69, 9.17) is 5.11 Å². The summed E-state index contributed by atoms with van der Waals surface area (Å²) >= 11 is 0. The third kappa shape index (κ3) is 8.98. The Balaban J connectivity index is 4.04. The Kier molecular flexibility index (Phi) is 7.59. The standard InChI is InChI=1S/C13H26N2O3/c1-13(2,3)8-10(12(17)18)9-15-11(16)6-5-7-14-4/h10,14H,5-9H2,1-4H3,(H,15,16)(H,17,18). The van der Waals surface area contributed by atoms with Crippen LogP contribution in [0.5, 0.6) is 0 Å². The summed E-state index contributed by atoms with van der Waals surface area (Å²) in [5, 5.41) is 14.8. The van der Waals surface area contributed by atoms with Crippen LogP contribution in [0.15, 0.2) is 0 Å². The second-order valence-corrected chi connectivity index (χ2v) is 5.81. The van der Waals surface area contributed by atoms with Crippen LogP contribution in [0.2, 0.25) is 0 Å². The molecular weight excluding hydrogens is 232 g/mol. The average molecular weight is 258 g/mol. The Bertz CT molecular complexity index is 272. The van der Waals surface area contributed by atoms with Crippen LogP contribution >= 0.6 is 0 Å². The Morgan fingerprint density at radius 3 is 2.33 bits per heavy atom. The van der Waals surface area contributed by atoms with E-state index in [0.717, 1.165) is 13.0 Å². The van der Waals surface area contributed by atoms with E-state index in [2.05, 4.69) is 10.6 Å². The molecule has 0 aromatic rings. The fourth-order valence-corrected chi connectivity index (χ4v) is 1.74. The highest BCUT2D eigenvalue weighted by molar-refractivity contribution is 5.77. The molecule has 106 valence electrons. The van der Waals surface area contributed by atoms with Crippen molar-refractivity contribution in [3.63, 3.8) is 0 Å². The van der Waals surface area contributed by atoms with E-state index in [9.17, 15) is 9.59 Å². The summed E-state index contributed by atoms with van der Waals surface area (Å²) < 4.78 is 0. The average Bonchev–Trinajstić information content (AvgIpc) is 2.22. The summed E-state index contributed by atoms with van der Waals surface area (Å²) in [5.74, 6) is -1.44. The molecule has 0 aromatic heterocycles. The first kappa shape index (κ1) is 16.9. The predicted molar refractivity (Wildman–Crippen MR) is 71.4 cm³/mol. The lowest BCUT2D eigenvalue weighted by Gasteiger charge is -2.23. The lowest BCUT2D eigenvalue weighted by molar-refractivity contribution is -0.142. The molecule has 0 heterocycles. The van der Waals surface area contributed by atoms with Crippen molar-refractivity contribution < 1.29 is 14.7 Å². The molecule has 1 unspecified atom stereocenters. The molecule has 0 aromatic carbocycles. The van der Waals surface area contributed by atoms with Crippen LogP contribution in [-0.4, -0.2) is 37.1 Å². The lowest BCUT2D eigenvalue weighted by atomic mass is 9.84. The predicted octanol–water partition coefficient (Wildman–Crippen LogP) is 1.24. The molecule has 1 atom stereocenters. The maximum Gasteiger partial charge on any atom is 0.308 e. The Morgan fingerprint density at radius 2 is 1.89 bits per heavy atom. The fourth-order valence-electron chi connectivity index (χ4n) is 1.74. The van der Waals surface area contributed by atoms with Crippen molar-refractivity contribution in [2.75, 3.05) is 20.1 Å². The monoisotopic (exact) mass is 258 g/mol. The van der Waals surface area contributed by atoms with Crippen molar-refractivity contribution in [1.29, 1.82) is 0 Å². The van der Waals surface area contributed by atoms with Gasteiger partial charge < -0.3 is 15.7 Å². The minimum atomic E-state index is -0.847. The molecule has 5 nitrogen and oxygen atoms in total. The van der Waals surface area contributed by atoms with E-state index >= 15 is 0 Å². The molecular formula is C13H26N2O3. The number of carbonyl (C=O) groups excluding carboxylic acids is 1. The number of carboxylic acid groups (broad SMARTS) is 1. The summed E-state index contributed by atoms with van der Waals surface area (Å²) in [7, 11) is 1.84. The maximum atomic E-state index is 11.5. The number of rotatable bonds is 8. The van der Waals surface area contributed by atoms with E-state index in [1.807, 2.05) is 27.8 Å². The van der Waals surface area contributed by atoms with Gasteiger partial charge in [-0.2, -0.15) is 0 Å². The second kappa shape index (κ2) is 8.08. The first-order chi connectivity index (χ1) is 8.26. The third-order valence-electron chi connectivity index (χ3n) is 2.58. The van der Waals surface area contributed by atoms with Crippen LogP contribution in [0.3, 0.4) is 0 Å². The normalized spacial score (nSPS) is 13.1. The van der Waals surface area contributed by atoms with Crippen molar-refractivity contribution in [2.24, 2.45) is 11.3 Å². The summed E-state index contributed by atoms with van der Waals surface area (Å²) in [6.45, 7) is 7.00. The fraction of sp³-hybridized carbons (Fsp3) is 0.846. The SMILES string of the molecule is CNCCCC(=O)NCC(CC(C)(C)C)C(=O)O. The number of nitrogens with one attached hydrogen (secondary N) is 2. The molecule has 0 radical (unpaired) electrons. The molecule has 0 fully saturated rings. The number of amides is 1. The molecule has 5 heteroatoms. The molecule has 0 spiro atoms. The molecule has 1 amide bonds. The molecule has 0 aliphatic heterocycles. The molecule has 0 saturated carbocycles. The first-order valence-corrected chi connectivity index (χ1v) is 6.40. The van der Waals surface area contributed by atoms with Crippen molar-refractivity contribution in [3.8, 4) is 0 Å². The van der Waals surface area contributed by atoms with Crippen LogP contribution in [0.4, 0.5) is 0 Å². The first-order valence-electron chi connectivity index (χ1n) is 6.40. The molecule has 3 N–H and O–H groups in total. The van der Waals surface area contributed by atoms with Crippen LogP contribution < -0.4 is 10.6 Å². The summed E-state index contributed by atoms with van der Waals surface area (Å²) in [4.78, 5) is 22.6. The van der Waals surface area contributed by atoms with Crippen LogP contribution in [0, 0.1) is 11.3 Å². The van der Waals surface area contributed by atoms with Gasteiger partial charge >= 0.3 is 5.97 Å². The Hall–Kier alpha value is -1.10. The Labute approximate surface area is 109 Å². The van der Waals surface area contributed by atoms with Gasteiger partial charge in [-0.1, -0.05) is 20.8 Å². The van der Waals surface area contributed by atoms with Gasteiger partial charge in [-0.15, -0.1) is 0 Å². The van der Waals surface area contributed by atoms with Gasteiger partial charge in [-0.25, -0.2) is 0 Å². The number of hydrogen-bond donors (Lipinski definition) is 3. The van der Waals surface area contributed by atoms with Crippen molar-refractivity contribution in [3.05, 3.63) is 0 Å². The zero-order chi connectivity index (χ0) is 14.2. The highest BCUT2D eigenvalue weighted by Gasteiger charge is 2.24. The zero-order valence-corrected chi connectivity index (χ0v) is 11.9. The number of hydrogen-bond acceptors (Lipinski definition) is 3. The van der Waals surface area contributed by atoms with Gasteiger partial charge in [-0.3, -0.25) is 9.59 Å². The molecule has 0 aliphatic carbocycles. The topological polar surface area (TPSA) is 78.4 Å². The van der Waals surface area contributed by atoms with Gasteiger partial charge in [0.2, 0.25) is 5.91 Å². The Morgan fingerprint density at radius 1 is 1.28 bits per heavy atom. The highest BCUT2D eigenvalue weighted by atomic mass is 16.4. The van der Waals surface area contributed by atoms with Gasteiger partial charge in [0, 0.05) is 13.0 Å². The summed E-state index contributed by atoms with van der Waals surface area (Å²) in [6.07, 6.45) is 1.75. The van der Waals surface area contributed by atoms with E-state index in [-0.39, 0.29) is 17.9 Å². The molecule has 18 heavy (non-hydrogen) atoms. The van der Waals surface area contributed by atoms with Crippen molar-refractivity contribution in [1.82, 2.24) is 10.6 Å². The number of aliphatic carboxylic acids is 1. The van der Waals surface area contributed by atoms with E-state index < -0.39 is 11.9 Å². The van der Waals surface area contributed by atoms with Crippen molar-refractivity contribution >= 4 is 11.9 Å². The minimum absolute atomic E-state index is 0.0556. The van der Waals surface area contributed by atoms with Crippen molar-refractivity contribution in [2.45, 2.75) is 40.0 Å². The lowest BCUT2D eigenvalue weighted by Crippen LogP contribution is -2.35. The van der Waals surface area contributed by atoms with Gasteiger partial charge in [0.15, 0.2) is 0 Å². The quantitative estimate of drug-likeness (QED) is 0.572. The van der Waals surface area contributed by atoms with Crippen LogP contribution in [0.25, 0.3) is 0 Å². The number of carbonyl (C=O) groups is 2. The number of carboxylic acids is 1. The van der Waals surface area contributed by atoms with E-state index in [0.29, 0.717) is 12.8 Å². The molecule has 0 saturated heterocycles. The maximum absolute atomic E-state index is 11.5. The summed E-state index contributed by atoms with van der Waals surface area (Å²) in [5.41, 5.74) is -0.0556. The molecule has 0 aliphatic rings. The molecule has 0 bridgehead atoms. The highest BCUT2D eigenvalue weighted by Crippen LogP contribution is 2.24. The van der Waals surface area contributed by atoms with Gasteiger partial charge in [0.1, 0.15) is 0 Å². The van der Waals surface area contributed by atoms with Gasteiger partial charge in [0.25, 0.3) is 0 Å². The van der Waals surface area contributed by atoms with E-state index in [1.54, 1.807) is 0 Å². The van der Waals surface area contributed by atoms with Crippen LogP contribution in [0.1, 0.15) is 40.0 Å². The van der Waals surface area contributed by atoms with Gasteiger partial charge in [0.05, 0.1) is 5.92 Å². The van der Waals surface area contributed by atoms with Gasteiger partial charge in [-0.05, 0) is 31.8 Å².